The molecule has 3 rings (SSSR count). The number of nitrogens with zero attached hydrogens (tertiary/aromatic N) is 1. The molecule has 0 saturated heterocycles. The molecule has 0 fully saturated rings. The predicted molar refractivity (Wildman–Crippen MR) is 103 cm³/mol. The Morgan fingerprint density at radius 3 is 2.22 bits per heavy atom. The van der Waals surface area contributed by atoms with Gasteiger partial charge >= 0.3 is 6.09 Å². The highest BCUT2D eigenvalue weighted by Crippen LogP contribution is 2.09. The third-order valence-corrected chi connectivity index (χ3v) is 3.87. The van der Waals surface area contributed by atoms with Crippen molar-refractivity contribution in [2.45, 2.75) is 13.0 Å². The van der Waals surface area contributed by atoms with E-state index in [2.05, 4.69) is 22.9 Å². The molecule has 27 heavy (non-hydrogen) atoms. The zero-order chi connectivity index (χ0) is 18.9. The van der Waals surface area contributed by atoms with Gasteiger partial charge in [-0.25, -0.2) is 4.79 Å². The lowest BCUT2D eigenvalue weighted by atomic mass is 10.1. The molecule has 3 aromatic rings. The van der Waals surface area contributed by atoms with Crippen LogP contribution >= 0.6 is 0 Å². The smallest absolute Gasteiger partial charge is 0.407 e. The molecule has 1 aromatic heterocycles. The minimum atomic E-state index is -0.633. The topological polar surface area (TPSA) is 72.4 Å². The predicted octanol–water partition coefficient (Wildman–Crippen LogP) is 3.08. The van der Waals surface area contributed by atoms with Crippen molar-refractivity contribution < 1.29 is 14.3 Å². The van der Waals surface area contributed by atoms with Gasteiger partial charge in [0.2, 0.25) is 0 Å². The van der Waals surface area contributed by atoms with Crippen LogP contribution in [-0.4, -0.2) is 23.2 Å². The maximum Gasteiger partial charge on any atom is 0.407 e. The number of amides is 2. The Labute approximate surface area is 157 Å². The van der Waals surface area contributed by atoms with Crippen LogP contribution in [0.15, 0.2) is 79.1 Å². The summed E-state index contributed by atoms with van der Waals surface area (Å²) in [7, 11) is 0. The van der Waals surface area contributed by atoms with Crippen molar-refractivity contribution >= 4 is 12.0 Å². The molecule has 0 radical (unpaired) electrons. The van der Waals surface area contributed by atoms with Crippen molar-refractivity contribution in [3.8, 4) is 0 Å². The fourth-order valence-corrected chi connectivity index (χ4v) is 2.56. The van der Waals surface area contributed by atoms with Gasteiger partial charge in [0.25, 0.3) is 5.91 Å². The summed E-state index contributed by atoms with van der Waals surface area (Å²) in [6, 6.07) is 21.4. The van der Waals surface area contributed by atoms with Crippen molar-refractivity contribution in [2.75, 3.05) is 12.0 Å². The zero-order valence-corrected chi connectivity index (χ0v) is 14.8. The Hall–Kier alpha value is -3.54. The molecule has 138 valence electrons. The SMILES string of the molecule is O=C(CNC(=O)OCc1ccccc1)Nn1ccc(Cc2ccccc2)c1. The van der Waals surface area contributed by atoms with E-state index in [9.17, 15) is 9.59 Å². The fourth-order valence-electron chi connectivity index (χ4n) is 2.56. The number of aromatic nitrogens is 1. The Balaban J connectivity index is 1.39. The minimum absolute atomic E-state index is 0.161. The van der Waals surface area contributed by atoms with Gasteiger partial charge in [0.15, 0.2) is 0 Å². The normalized spacial score (nSPS) is 10.2. The Morgan fingerprint density at radius 1 is 0.852 bits per heavy atom. The summed E-state index contributed by atoms with van der Waals surface area (Å²) in [6.07, 6.45) is 3.77. The standard InChI is InChI=1S/C21H21N3O3/c25-20(14-22-21(26)27-16-18-9-5-2-6-10-18)23-24-12-11-19(15-24)13-17-7-3-1-4-8-17/h1-12,15H,13-14,16H2,(H,22,26)(H,23,25). The number of carbonyl (C=O) groups is 2. The van der Waals surface area contributed by atoms with Crippen LogP contribution in [0.1, 0.15) is 16.7 Å². The molecule has 2 amide bonds. The number of ether oxygens (including phenoxy) is 1. The summed E-state index contributed by atoms with van der Waals surface area (Å²) in [5, 5.41) is 2.43. The summed E-state index contributed by atoms with van der Waals surface area (Å²) >= 11 is 0. The molecular formula is C21H21N3O3. The van der Waals surface area contributed by atoms with Crippen LogP contribution in [0.4, 0.5) is 4.79 Å². The van der Waals surface area contributed by atoms with Crippen molar-refractivity contribution in [2.24, 2.45) is 0 Å². The van der Waals surface area contributed by atoms with Gasteiger partial charge in [0, 0.05) is 12.4 Å². The van der Waals surface area contributed by atoms with Gasteiger partial charge in [0.05, 0.1) is 0 Å². The van der Waals surface area contributed by atoms with E-state index in [1.807, 2.05) is 60.8 Å². The maximum atomic E-state index is 12.0. The average Bonchev–Trinajstić information content (AvgIpc) is 3.13. The molecule has 0 aliphatic heterocycles. The van der Waals surface area contributed by atoms with Crippen LogP contribution in [0.3, 0.4) is 0 Å². The molecule has 0 unspecified atom stereocenters. The number of hydrogen-bond acceptors (Lipinski definition) is 3. The number of carbonyl (C=O) groups excluding carboxylic acids is 2. The minimum Gasteiger partial charge on any atom is -0.445 e. The monoisotopic (exact) mass is 363 g/mol. The van der Waals surface area contributed by atoms with E-state index in [0.717, 1.165) is 17.5 Å². The average molecular weight is 363 g/mol. The number of nitrogens with one attached hydrogen (secondary N) is 2. The molecule has 0 spiro atoms. The summed E-state index contributed by atoms with van der Waals surface area (Å²) < 4.78 is 6.64. The molecule has 0 saturated carbocycles. The summed E-state index contributed by atoms with van der Waals surface area (Å²) in [4.78, 5) is 23.6. The third kappa shape index (κ3) is 6.04. The van der Waals surface area contributed by atoms with E-state index < -0.39 is 6.09 Å². The van der Waals surface area contributed by atoms with E-state index in [4.69, 9.17) is 4.74 Å². The third-order valence-electron chi connectivity index (χ3n) is 3.87. The highest BCUT2D eigenvalue weighted by Gasteiger charge is 2.07. The zero-order valence-electron chi connectivity index (χ0n) is 14.8. The van der Waals surface area contributed by atoms with E-state index in [1.165, 1.54) is 5.56 Å². The van der Waals surface area contributed by atoms with Crippen molar-refractivity contribution in [3.05, 3.63) is 95.8 Å². The maximum absolute atomic E-state index is 12.0. The van der Waals surface area contributed by atoms with Crippen LogP contribution in [0.2, 0.25) is 0 Å². The number of rotatable bonds is 7. The first kappa shape index (κ1) is 18.3. The molecule has 6 nitrogen and oxygen atoms in total. The molecular weight excluding hydrogens is 342 g/mol. The van der Waals surface area contributed by atoms with E-state index in [-0.39, 0.29) is 19.1 Å². The molecule has 0 atom stereocenters. The molecule has 0 aliphatic rings. The fraction of sp³-hybridized carbons (Fsp3) is 0.143. The lowest BCUT2D eigenvalue weighted by Gasteiger charge is -2.08. The summed E-state index contributed by atoms with van der Waals surface area (Å²) in [5.74, 6) is -0.339. The van der Waals surface area contributed by atoms with Crippen LogP contribution in [-0.2, 0) is 22.6 Å². The van der Waals surface area contributed by atoms with Gasteiger partial charge in [-0.3, -0.25) is 14.9 Å². The Bertz CT molecular complexity index is 876. The van der Waals surface area contributed by atoms with Crippen LogP contribution < -0.4 is 10.7 Å². The summed E-state index contributed by atoms with van der Waals surface area (Å²) in [6.45, 7) is -0.00540. The molecule has 0 bridgehead atoms. The lowest BCUT2D eigenvalue weighted by molar-refractivity contribution is -0.116. The summed E-state index contributed by atoms with van der Waals surface area (Å²) in [5.41, 5.74) is 5.85. The molecule has 0 aliphatic carbocycles. The second kappa shape index (κ2) is 9.24. The van der Waals surface area contributed by atoms with Crippen molar-refractivity contribution in [1.29, 1.82) is 0 Å². The number of benzene rings is 2. The highest BCUT2D eigenvalue weighted by molar-refractivity contribution is 5.88. The van der Waals surface area contributed by atoms with Gasteiger partial charge in [-0.2, -0.15) is 0 Å². The van der Waals surface area contributed by atoms with Gasteiger partial charge in [-0.15, -0.1) is 0 Å². The second-order valence-corrected chi connectivity index (χ2v) is 6.04. The van der Waals surface area contributed by atoms with E-state index in [0.29, 0.717) is 0 Å². The molecule has 1 heterocycles. The quantitative estimate of drug-likeness (QED) is 0.678. The first-order valence-electron chi connectivity index (χ1n) is 8.64. The number of alkyl carbamates (subject to hydrolysis) is 1. The van der Waals surface area contributed by atoms with Crippen LogP contribution in [0.25, 0.3) is 0 Å². The van der Waals surface area contributed by atoms with Crippen molar-refractivity contribution in [1.82, 2.24) is 9.99 Å². The first-order chi connectivity index (χ1) is 13.2. The van der Waals surface area contributed by atoms with Gasteiger partial charge in [0.1, 0.15) is 13.2 Å². The van der Waals surface area contributed by atoms with Gasteiger partial charge in [-0.1, -0.05) is 60.7 Å². The molecule has 6 heteroatoms. The first-order valence-corrected chi connectivity index (χ1v) is 8.64. The number of hydrogen-bond donors (Lipinski definition) is 2. The van der Waals surface area contributed by atoms with Crippen LogP contribution in [0, 0.1) is 0 Å². The molecule has 2 aromatic carbocycles. The van der Waals surface area contributed by atoms with E-state index >= 15 is 0 Å². The van der Waals surface area contributed by atoms with Gasteiger partial charge in [-0.05, 0) is 29.2 Å². The van der Waals surface area contributed by atoms with Gasteiger partial charge < -0.3 is 10.1 Å². The van der Waals surface area contributed by atoms with Crippen LogP contribution in [0.5, 0.6) is 0 Å². The largest absolute Gasteiger partial charge is 0.445 e. The van der Waals surface area contributed by atoms with Crippen molar-refractivity contribution in [3.63, 3.8) is 0 Å². The lowest BCUT2D eigenvalue weighted by Crippen LogP contribution is -2.35. The molecule has 2 N–H and O–H groups in total. The second-order valence-electron chi connectivity index (χ2n) is 6.04. The Morgan fingerprint density at radius 2 is 1.52 bits per heavy atom. The highest BCUT2D eigenvalue weighted by atomic mass is 16.5. The Kier molecular flexibility index (Phi) is 6.25. The van der Waals surface area contributed by atoms with E-state index in [1.54, 1.807) is 10.9 Å².